The number of aromatic nitrogens is 3. The van der Waals surface area contributed by atoms with Crippen molar-refractivity contribution in [3.8, 4) is 10.7 Å². The highest BCUT2D eigenvalue weighted by molar-refractivity contribution is 7.71. The Balaban J connectivity index is 1.63. The van der Waals surface area contributed by atoms with Gasteiger partial charge in [0.2, 0.25) is 0 Å². The van der Waals surface area contributed by atoms with E-state index in [9.17, 15) is 13.2 Å². The monoisotopic (exact) mass is 468 g/mol. The molecule has 10 heteroatoms. The summed E-state index contributed by atoms with van der Waals surface area (Å²) in [7, 11) is 0. The van der Waals surface area contributed by atoms with Gasteiger partial charge in [0, 0.05) is 13.2 Å². The number of halogens is 3. The summed E-state index contributed by atoms with van der Waals surface area (Å²) < 4.78 is 49.4. The molecule has 0 aliphatic carbocycles. The molecule has 0 N–H and O–H groups in total. The van der Waals surface area contributed by atoms with Crippen molar-refractivity contribution >= 4 is 23.6 Å². The van der Waals surface area contributed by atoms with Gasteiger partial charge in [-0.05, 0) is 42.1 Å². The van der Waals surface area contributed by atoms with Gasteiger partial charge in [0.15, 0.2) is 10.6 Å². The summed E-state index contributed by atoms with van der Waals surface area (Å²) in [4.78, 5) is 2.24. The molecule has 5 nitrogen and oxygen atoms in total. The SMILES string of the molecule is FC(F)(F)CN(Cc1ccccc1)Cn1nc(-c2cccs2)n(C[C@@H]2CCCO2)c1=S. The molecular formula is C21H23F3N4OS2. The van der Waals surface area contributed by atoms with E-state index in [1.54, 1.807) is 0 Å². The van der Waals surface area contributed by atoms with Crippen LogP contribution in [0.5, 0.6) is 0 Å². The number of alkyl halides is 3. The zero-order chi connectivity index (χ0) is 21.8. The standard InChI is InChI=1S/C21H23F3N4OS2/c22-21(23,24)14-26(12-16-6-2-1-3-7-16)15-28-20(30)27(13-17-8-4-10-29-17)19(25-28)18-9-5-11-31-18/h1-3,5-7,9,11,17H,4,8,10,12-15H2/t17-/m0/s1. The van der Waals surface area contributed by atoms with Gasteiger partial charge in [0.25, 0.3) is 0 Å². The first-order valence-corrected chi connectivity index (χ1v) is 11.3. The minimum atomic E-state index is -4.33. The Kier molecular flexibility index (Phi) is 6.90. The molecule has 4 rings (SSSR count). The largest absolute Gasteiger partial charge is 0.401 e. The van der Waals surface area contributed by atoms with Gasteiger partial charge in [-0.15, -0.1) is 16.4 Å². The molecule has 0 unspecified atom stereocenters. The van der Waals surface area contributed by atoms with E-state index in [0.717, 1.165) is 29.9 Å². The highest BCUT2D eigenvalue weighted by Gasteiger charge is 2.31. The van der Waals surface area contributed by atoms with E-state index < -0.39 is 12.7 Å². The van der Waals surface area contributed by atoms with Crippen LogP contribution in [0.15, 0.2) is 47.8 Å². The Bertz CT molecular complexity index is 1030. The molecule has 166 valence electrons. The Morgan fingerprint density at radius 1 is 1.19 bits per heavy atom. The molecule has 0 amide bonds. The number of thiophene rings is 1. The number of ether oxygens (including phenoxy) is 1. The van der Waals surface area contributed by atoms with Crippen LogP contribution in [-0.4, -0.2) is 44.7 Å². The summed E-state index contributed by atoms with van der Waals surface area (Å²) in [6.45, 7) is 0.316. The fourth-order valence-electron chi connectivity index (χ4n) is 3.72. The molecule has 0 saturated carbocycles. The van der Waals surface area contributed by atoms with Crippen molar-refractivity contribution in [3.05, 3.63) is 58.2 Å². The summed E-state index contributed by atoms with van der Waals surface area (Å²) in [5.41, 5.74) is 0.801. The van der Waals surface area contributed by atoms with E-state index in [4.69, 9.17) is 17.0 Å². The molecule has 1 atom stereocenters. The fourth-order valence-corrected chi connectivity index (χ4v) is 4.70. The maximum absolute atomic E-state index is 13.3. The Labute approximate surface area is 187 Å². The number of hydrogen-bond acceptors (Lipinski definition) is 5. The van der Waals surface area contributed by atoms with Crippen LogP contribution in [0.1, 0.15) is 18.4 Å². The first-order valence-electron chi connectivity index (χ1n) is 10.1. The maximum atomic E-state index is 13.3. The summed E-state index contributed by atoms with van der Waals surface area (Å²) >= 11 is 7.17. The topological polar surface area (TPSA) is 35.2 Å². The predicted molar refractivity (Wildman–Crippen MR) is 116 cm³/mol. The second kappa shape index (κ2) is 9.64. The molecule has 1 saturated heterocycles. The Morgan fingerprint density at radius 2 is 2.00 bits per heavy atom. The van der Waals surface area contributed by atoms with Crippen LogP contribution in [0.4, 0.5) is 13.2 Å². The molecule has 0 radical (unpaired) electrons. The number of hydrogen-bond donors (Lipinski definition) is 0. The first kappa shape index (κ1) is 22.2. The minimum Gasteiger partial charge on any atom is -0.376 e. The molecule has 0 spiro atoms. The Morgan fingerprint density at radius 3 is 2.65 bits per heavy atom. The van der Waals surface area contributed by atoms with Crippen LogP contribution in [0, 0.1) is 4.77 Å². The van der Waals surface area contributed by atoms with Crippen molar-refractivity contribution in [1.82, 2.24) is 19.2 Å². The third-order valence-electron chi connectivity index (χ3n) is 5.06. The summed E-state index contributed by atoms with van der Waals surface area (Å²) in [5.74, 6) is 0.669. The summed E-state index contributed by atoms with van der Waals surface area (Å²) in [5, 5.41) is 6.57. The molecule has 3 aromatic rings. The van der Waals surface area contributed by atoms with Gasteiger partial charge in [-0.2, -0.15) is 13.2 Å². The van der Waals surface area contributed by atoms with Gasteiger partial charge in [0.1, 0.15) is 0 Å². The lowest BCUT2D eigenvalue weighted by atomic mass is 10.2. The second-order valence-electron chi connectivity index (χ2n) is 7.56. The van der Waals surface area contributed by atoms with Gasteiger partial charge in [-0.25, -0.2) is 4.68 Å². The molecule has 1 aromatic carbocycles. The zero-order valence-corrected chi connectivity index (χ0v) is 18.4. The lowest BCUT2D eigenvalue weighted by Crippen LogP contribution is -2.35. The van der Waals surface area contributed by atoms with Gasteiger partial charge in [-0.3, -0.25) is 9.47 Å². The van der Waals surface area contributed by atoms with Crippen LogP contribution in [0.3, 0.4) is 0 Å². The van der Waals surface area contributed by atoms with Gasteiger partial charge < -0.3 is 4.74 Å². The quantitative estimate of drug-likeness (QED) is 0.418. The van der Waals surface area contributed by atoms with Crippen molar-refractivity contribution < 1.29 is 17.9 Å². The molecule has 2 aromatic heterocycles. The average molecular weight is 469 g/mol. The van der Waals surface area contributed by atoms with Crippen LogP contribution in [0.2, 0.25) is 0 Å². The fraction of sp³-hybridized carbons (Fsp3) is 0.429. The van der Waals surface area contributed by atoms with Crippen molar-refractivity contribution in [2.45, 2.75) is 44.9 Å². The molecule has 0 bridgehead atoms. The summed E-state index contributed by atoms with van der Waals surface area (Å²) in [6.07, 6.45) is -2.35. The van der Waals surface area contributed by atoms with Crippen LogP contribution >= 0.6 is 23.6 Å². The van der Waals surface area contributed by atoms with Crippen molar-refractivity contribution in [2.24, 2.45) is 0 Å². The van der Waals surface area contributed by atoms with Crippen molar-refractivity contribution in [3.63, 3.8) is 0 Å². The number of benzene rings is 1. The molecule has 31 heavy (non-hydrogen) atoms. The van der Waals surface area contributed by atoms with Gasteiger partial charge in [-0.1, -0.05) is 36.4 Å². The van der Waals surface area contributed by atoms with Gasteiger partial charge in [0.05, 0.1) is 30.7 Å². The first-order chi connectivity index (χ1) is 14.9. The minimum absolute atomic E-state index is 0.0404. The third kappa shape index (κ3) is 5.82. The Hall–Kier alpha value is -2.01. The highest BCUT2D eigenvalue weighted by Crippen LogP contribution is 2.26. The van der Waals surface area contributed by atoms with E-state index in [1.807, 2.05) is 52.4 Å². The van der Waals surface area contributed by atoms with Crippen molar-refractivity contribution in [2.75, 3.05) is 13.2 Å². The predicted octanol–water partition coefficient (Wildman–Crippen LogP) is 5.34. The third-order valence-corrected chi connectivity index (χ3v) is 6.36. The van der Waals surface area contributed by atoms with E-state index in [1.165, 1.54) is 20.9 Å². The molecule has 1 fully saturated rings. The van der Waals surface area contributed by atoms with Crippen LogP contribution in [0.25, 0.3) is 10.7 Å². The normalized spacial score (nSPS) is 17.0. The maximum Gasteiger partial charge on any atom is 0.401 e. The lowest BCUT2D eigenvalue weighted by molar-refractivity contribution is -0.151. The van der Waals surface area contributed by atoms with Gasteiger partial charge >= 0.3 is 6.18 Å². The van der Waals surface area contributed by atoms with Crippen LogP contribution < -0.4 is 0 Å². The van der Waals surface area contributed by atoms with E-state index in [2.05, 4.69) is 5.10 Å². The van der Waals surface area contributed by atoms with E-state index in [-0.39, 0.29) is 19.3 Å². The van der Waals surface area contributed by atoms with E-state index >= 15 is 0 Å². The molecule has 3 heterocycles. The number of nitrogens with zero attached hydrogens (tertiary/aromatic N) is 4. The van der Waals surface area contributed by atoms with E-state index in [0.29, 0.717) is 17.1 Å². The molecular weight excluding hydrogens is 445 g/mol. The molecule has 1 aliphatic heterocycles. The second-order valence-corrected chi connectivity index (χ2v) is 8.87. The smallest absolute Gasteiger partial charge is 0.376 e. The van der Waals surface area contributed by atoms with Crippen LogP contribution in [-0.2, 0) is 24.5 Å². The van der Waals surface area contributed by atoms with Crippen molar-refractivity contribution in [1.29, 1.82) is 0 Å². The highest BCUT2D eigenvalue weighted by atomic mass is 32.1. The zero-order valence-electron chi connectivity index (χ0n) is 16.8. The average Bonchev–Trinajstić information content (AvgIpc) is 3.46. The molecule has 1 aliphatic rings. The number of rotatable bonds is 8. The lowest BCUT2D eigenvalue weighted by Gasteiger charge is -2.23. The summed E-state index contributed by atoms with van der Waals surface area (Å²) in [6, 6.07) is 13.0.